The van der Waals surface area contributed by atoms with E-state index in [0.29, 0.717) is 25.3 Å². The zero-order valence-corrected chi connectivity index (χ0v) is 12.5. The van der Waals surface area contributed by atoms with E-state index in [2.05, 4.69) is 21.3 Å². The normalized spacial score (nSPS) is 21.9. The topological polar surface area (TPSA) is 102 Å². The largest absolute Gasteiger partial charge is 0.391 e. The molecule has 7 heteroatoms. The number of aliphatic hydroxyl groups excluding tert-OH is 1. The molecule has 3 unspecified atom stereocenters. The van der Waals surface area contributed by atoms with Gasteiger partial charge in [-0.05, 0) is 19.1 Å². The maximum Gasteiger partial charge on any atom is 0.319 e. The molecule has 0 bridgehead atoms. The number of urea groups is 1. The van der Waals surface area contributed by atoms with E-state index < -0.39 is 18.2 Å². The molecule has 1 aromatic carbocycles. The zero-order valence-electron chi connectivity index (χ0n) is 12.5. The number of amides is 3. The van der Waals surface area contributed by atoms with E-state index in [1.165, 1.54) is 0 Å². The SMILES string of the molecule is CC(NC(=O)Nc1ccccc1)C(=O)NCC1CNCC1O. The smallest absolute Gasteiger partial charge is 0.319 e. The summed E-state index contributed by atoms with van der Waals surface area (Å²) in [6, 6.07) is 7.91. The molecule has 1 heterocycles. The first kappa shape index (κ1) is 16.3. The van der Waals surface area contributed by atoms with Crippen LogP contribution in [0.25, 0.3) is 0 Å². The maximum atomic E-state index is 11.9. The van der Waals surface area contributed by atoms with E-state index in [9.17, 15) is 14.7 Å². The van der Waals surface area contributed by atoms with Crippen LogP contribution in [0.15, 0.2) is 30.3 Å². The predicted octanol–water partition coefficient (Wildman–Crippen LogP) is -0.107. The number of carbonyl (C=O) groups excluding carboxylic acids is 2. The molecular weight excluding hydrogens is 284 g/mol. The number of benzene rings is 1. The summed E-state index contributed by atoms with van der Waals surface area (Å²) < 4.78 is 0. The fraction of sp³-hybridized carbons (Fsp3) is 0.467. The van der Waals surface area contributed by atoms with Crippen molar-refractivity contribution in [1.82, 2.24) is 16.0 Å². The average Bonchev–Trinajstić information content (AvgIpc) is 2.91. The van der Waals surface area contributed by atoms with Gasteiger partial charge in [-0.2, -0.15) is 0 Å². The molecule has 120 valence electrons. The molecule has 2 rings (SSSR count). The summed E-state index contributed by atoms with van der Waals surface area (Å²) in [4.78, 5) is 23.7. The van der Waals surface area contributed by atoms with E-state index in [0.717, 1.165) is 0 Å². The third kappa shape index (κ3) is 4.71. The number of hydrogen-bond donors (Lipinski definition) is 5. The van der Waals surface area contributed by atoms with Crippen molar-refractivity contribution in [3.8, 4) is 0 Å². The Morgan fingerprint density at radius 1 is 1.32 bits per heavy atom. The summed E-state index contributed by atoms with van der Waals surface area (Å²) in [6.07, 6.45) is -0.440. The van der Waals surface area contributed by atoms with E-state index in [-0.39, 0.29) is 11.8 Å². The molecule has 5 N–H and O–H groups in total. The molecule has 3 atom stereocenters. The van der Waals surface area contributed by atoms with Gasteiger partial charge in [0.2, 0.25) is 5.91 Å². The van der Waals surface area contributed by atoms with Gasteiger partial charge in [0.15, 0.2) is 0 Å². The fourth-order valence-electron chi connectivity index (χ4n) is 2.26. The molecule has 7 nitrogen and oxygen atoms in total. The Kier molecular flexibility index (Phi) is 5.74. The highest BCUT2D eigenvalue weighted by molar-refractivity contribution is 5.93. The van der Waals surface area contributed by atoms with E-state index >= 15 is 0 Å². The second-order valence-corrected chi connectivity index (χ2v) is 5.42. The van der Waals surface area contributed by atoms with Gasteiger partial charge in [-0.15, -0.1) is 0 Å². The van der Waals surface area contributed by atoms with Gasteiger partial charge in [0.1, 0.15) is 6.04 Å². The minimum absolute atomic E-state index is 0.00861. The average molecular weight is 306 g/mol. The monoisotopic (exact) mass is 306 g/mol. The van der Waals surface area contributed by atoms with Crippen LogP contribution in [0, 0.1) is 5.92 Å². The van der Waals surface area contributed by atoms with Crippen molar-refractivity contribution in [3.63, 3.8) is 0 Å². The molecule has 1 aliphatic heterocycles. The van der Waals surface area contributed by atoms with Crippen molar-refractivity contribution in [2.45, 2.75) is 19.1 Å². The third-order valence-corrected chi connectivity index (χ3v) is 3.62. The lowest BCUT2D eigenvalue weighted by Crippen LogP contribution is -2.48. The van der Waals surface area contributed by atoms with E-state index in [4.69, 9.17) is 0 Å². The van der Waals surface area contributed by atoms with Crippen LogP contribution in [0.5, 0.6) is 0 Å². The highest BCUT2D eigenvalue weighted by Gasteiger charge is 2.26. The standard InChI is InChI=1S/C15H22N4O3/c1-10(14(21)17-8-11-7-16-9-13(11)20)18-15(22)19-12-5-3-2-4-6-12/h2-6,10-11,13,16,20H,7-9H2,1H3,(H,17,21)(H2,18,19,22). The van der Waals surface area contributed by atoms with Gasteiger partial charge in [-0.1, -0.05) is 18.2 Å². The fourth-order valence-corrected chi connectivity index (χ4v) is 2.26. The van der Waals surface area contributed by atoms with E-state index in [1.807, 2.05) is 18.2 Å². The van der Waals surface area contributed by atoms with Crippen molar-refractivity contribution >= 4 is 17.6 Å². The first-order valence-corrected chi connectivity index (χ1v) is 7.35. The molecule has 1 aliphatic rings. The molecule has 22 heavy (non-hydrogen) atoms. The van der Waals surface area contributed by atoms with Gasteiger partial charge < -0.3 is 26.4 Å². The van der Waals surface area contributed by atoms with Crippen molar-refractivity contribution in [3.05, 3.63) is 30.3 Å². The molecule has 1 fully saturated rings. The molecule has 3 amide bonds. The zero-order chi connectivity index (χ0) is 15.9. The molecule has 1 aromatic rings. The number of para-hydroxylation sites is 1. The first-order chi connectivity index (χ1) is 10.6. The number of rotatable bonds is 5. The summed E-state index contributed by atoms with van der Waals surface area (Å²) in [6.45, 7) is 3.23. The summed E-state index contributed by atoms with van der Waals surface area (Å²) in [5.74, 6) is -0.267. The predicted molar refractivity (Wildman–Crippen MR) is 83.4 cm³/mol. The minimum atomic E-state index is -0.657. The van der Waals surface area contributed by atoms with Crippen molar-refractivity contribution < 1.29 is 14.7 Å². The maximum absolute atomic E-state index is 11.9. The molecule has 0 spiro atoms. The molecule has 0 aromatic heterocycles. The van der Waals surface area contributed by atoms with Crippen molar-refractivity contribution in [2.24, 2.45) is 5.92 Å². The molecular formula is C15H22N4O3. The van der Waals surface area contributed by atoms with Crippen LogP contribution in [0.2, 0.25) is 0 Å². The van der Waals surface area contributed by atoms with Crippen LogP contribution in [-0.2, 0) is 4.79 Å². The van der Waals surface area contributed by atoms with Gasteiger partial charge in [0, 0.05) is 31.2 Å². The number of anilines is 1. The minimum Gasteiger partial charge on any atom is -0.391 e. The van der Waals surface area contributed by atoms with Crippen LogP contribution >= 0.6 is 0 Å². The Labute approximate surface area is 129 Å². The highest BCUT2D eigenvalue weighted by Crippen LogP contribution is 2.07. The Balaban J connectivity index is 1.72. The van der Waals surface area contributed by atoms with Crippen LogP contribution < -0.4 is 21.3 Å². The second kappa shape index (κ2) is 7.77. The Bertz CT molecular complexity index is 509. The van der Waals surface area contributed by atoms with Crippen LogP contribution in [-0.4, -0.2) is 48.8 Å². The lowest BCUT2D eigenvalue weighted by atomic mass is 10.1. The molecule has 1 saturated heterocycles. The third-order valence-electron chi connectivity index (χ3n) is 3.62. The number of β-amino-alcohol motifs (C(OH)–C–C–N with tert-alkyl or cyclic N) is 1. The lowest BCUT2D eigenvalue weighted by Gasteiger charge is -2.18. The van der Waals surface area contributed by atoms with Gasteiger partial charge in [0.25, 0.3) is 0 Å². The Morgan fingerprint density at radius 3 is 2.68 bits per heavy atom. The molecule has 0 aliphatic carbocycles. The molecule has 0 radical (unpaired) electrons. The highest BCUT2D eigenvalue weighted by atomic mass is 16.3. The summed E-state index contributed by atoms with van der Waals surface area (Å²) >= 11 is 0. The van der Waals surface area contributed by atoms with Crippen molar-refractivity contribution in [2.75, 3.05) is 25.0 Å². The lowest BCUT2D eigenvalue weighted by molar-refractivity contribution is -0.122. The van der Waals surface area contributed by atoms with Gasteiger partial charge >= 0.3 is 6.03 Å². The summed E-state index contributed by atoms with van der Waals surface area (Å²) in [5, 5.41) is 20.7. The van der Waals surface area contributed by atoms with Gasteiger partial charge in [-0.25, -0.2) is 4.79 Å². The number of hydrogen-bond acceptors (Lipinski definition) is 4. The van der Waals surface area contributed by atoms with E-state index in [1.54, 1.807) is 19.1 Å². The Morgan fingerprint density at radius 2 is 2.05 bits per heavy atom. The summed E-state index contributed by atoms with van der Waals surface area (Å²) in [5.41, 5.74) is 0.660. The Hall–Kier alpha value is -2.12. The van der Waals surface area contributed by atoms with Crippen LogP contribution in [0.3, 0.4) is 0 Å². The van der Waals surface area contributed by atoms with Crippen LogP contribution in [0.1, 0.15) is 6.92 Å². The first-order valence-electron chi connectivity index (χ1n) is 7.35. The number of carbonyl (C=O) groups is 2. The number of aliphatic hydroxyl groups is 1. The van der Waals surface area contributed by atoms with Gasteiger partial charge in [0.05, 0.1) is 6.10 Å². The second-order valence-electron chi connectivity index (χ2n) is 5.42. The van der Waals surface area contributed by atoms with Crippen molar-refractivity contribution in [1.29, 1.82) is 0 Å². The quantitative estimate of drug-likeness (QED) is 0.524. The number of nitrogens with one attached hydrogen (secondary N) is 4. The molecule has 0 saturated carbocycles. The van der Waals surface area contributed by atoms with Gasteiger partial charge in [-0.3, -0.25) is 4.79 Å². The van der Waals surface area contributed by atoms with Crippen LogP contribution in [0.4, 0.5) is 10.5 Å². The summed E-state index contributed by atoms with van der Waals surface area (Å²) in [7, 11) is 0.